The summed E-state index contributed by atoms with van der Waals surface area (Å²) < 4.78 is 57.1. The molecule has 0 unspecified atom stereocenters. The monoisotopic (exact) mass is 466 g/mol. The predicted octanol–water partition coefficient (Wildman–Crippen LogP) is 3.22. The molecule has 1 aliphatic rings. The molecule has 3 rings (SSSR count). The van der Waals surface area contributed by atoms with E-state index in [1.807, 2.05) is 0 Å². The van der Waals surface area contributed by atoms with Gasteiger partial charge >= 0.3 is 12.6 Å². The van der Waals surface area contributed by atoms with E-state index >= 15 is 0 Å². The SMILES string of the molecule is O=C(O)CCNC(=O)c1ccc(NS(=O)(=O)C2=Cc3ccc(OC(F)F)cc3CC2)cc1. The van der Waals surface area contributed by atoms with Crippen LogP contribution in [0.1, 0.15) is 34.3 Å². The third-order valence-corrected chi connectivity index (χ3v) is 6.18. The summed E-state index contributed by atoms with van der Waals surface area (Å²) in [6.07, 6.45) is 1.81. The summed E-state index contributed by atoms with van der Waals surface area (Å²) in [7, 11) is -3.87. The number of allylic oxidation sites excluding steroid dienone is 1. The van der Waals surface area contributed by atoms with Crippen LogP contribution in [-0.2, 0) is 21.2 Å². The third-order valence-electron chi connectivity index (χ3n) is 4.67. The van der Waals surface area contributed by atoms with Crippen LogP contribution in [0.25, 0.3) is 6.08 Å². The summed E-state index contributed by atoms with van der Waals surface area (Å²) in [4.78, 5) is 22.6. The van der Waals surface area contributed by atoms with E-state index in [9.17, 15) is 26.8 Å². The van der Waals surface area contributed by atoms with Crippen molar-refractivity contribution in [2.75, 3.05) is 11.3 Å². The minimum Gasteiger partial charge on any atom is -0.481 e. The quantitative estimate of drug-likeness (QED) is 0.522. The van der Waals surface area contributed by atoms with Crippen molar-refractivity contribution in [1.29, 1.82) is 0 Å². The minimum absolute atomic E-state index is 0.0173. The number of fused-ring (bicyclic) bond motifs is 1. The zero-order chi connectivity index (χ0) is 23.3. The van der Waals surface area contributed by atoms with Gasteiger partial charge in [-0.25, -0.2) is 8.42 Å². The van der Waals surface area contributed by atoms with Crippen LogP contribution >= 0.6 is 0 Å². The van der Waals surface area contributed by atoms with Gasteiger partial charge in [-0.2, -0.15) is 8.78 Å². The number of carbonyl (C=O) groups is 2. The van der Waals surface area contributed by atoms with Gasteiger partial charge in [-0.05, 0) is 66.4 Å². The molecule has 1 amide bonds. The summed E-state index contributed by atoms with van der Waals surface area (Å²) in [5.41, 5.74) is 1.82. The van der Waals surface area contributed by atoms with Gasteiger partial charge in [0.2, 0.25) is 0 Å². The molecule has 0 bridgehead atoms. The highest BCUT2D eigenvalue weighted by molar-refractivity contribution is 7.96. The highest BCUT2D eigenvalue weighted by atomic mass is 32.2. The second-order valence-corrected chi connectivity index (χ2v) is 8.67. The van der Waals surface area contributed by atoms with Gasteiger partial charge in [-0.1, -0.05) is 6.07 Å². The van der Waals surface area contributed by atoms with Crippen LogP contribution in [0.15, 0.2) is 47.4 Å². The Hall–Kier alpha value is -3.47. The molecule has 11 heteroatoms. The van der Waals surface area contributed by atoms with Gasteiger partial charge in [-0.3, -0.25) is 14.3 Å². The van der Waals surface area contributed by atoms with Gasteiger partial charge in [-0.15, -0.1) is 0 Å². The average molecular weight is 466 g/mol. The summed E-state index contributed by atoms with van der Waals surface area (Å²) in [6, 6.07) is 10.0. The number of ether oxygens (including phenoxy) is 1. The Labute approximate surface area is 182 Å². The smallest absolute Gasteiger partial charge is 0.387 e. The van der Waals surface area contributed by atoms with Gasteiger partial charge in [0.25, 0.3) is 15.9 Å². The fraction of sp³-hybridized carbons (Fsp3) is 0.238. The molecule has 0 saturated heterocycles. The summed E-state index contributed by atoms with van der Waals surface area (Å²) >= 11 is 0. The number of rotatable bonds is 9. The molecule has 0 aromatic heterocycles. The number of halogens is 2. The van der Waals surface area contributed by atoms with E-state index in [4.69, 9.17) is 5.11 Å². The molecule has 32 heavy (non-hydrogen) atoms. The van der Waals surface area contributed by atoms with Crippen molar-refractivity contribution in [3.63, 3.8) is 0 Å². The first-order chi connectivity index (χ1) is 15.1. The average Bonchev–Trinajstić information content (AvgIpc) is 2.72. The molecule has 2 aromatic rings. The van der Waals surface area contributed by atoms with E-state index in [1.54, 1.807) is 0 Å². The first-order valence-corrected chi connectivity index (χ1v) is 11.0. The van der Waals surface area contributed by atoms with Crippen molar-refractivity contribution in [2.45, 2.75) is 25.9 Å². The van der Waals surface area contributed by atoms with E-state index in [1.165, 1.54) is 48.5 Å². The lowest BCUT2D eigenvalue weighted by Crippen LogP contribution is -2.26. The Morgan fingerprint density at radius 1 is 1.09 bits per heavy atom. The molecule has 8 nitrogen and oxygen atoms in total. The number of hydrogen-bond acceptors (Lipinski definition) is 5. The van der Waals surface area contributed by atoms with Crippen molar-refractivity contribution in [2.24, 2.45) is 0 Å². The van der Waals surface area contributed by atoms with Crippen molar-refractivity contribution >= 4 is 33.7 Å². The number of hydrogen-bond donors (Lipinski definition) is 3. The van der Waals surface area contributed by atoms with Crippen LogP contribution in [-0.4, -0.2) is 38.6 Å². The molecule has 1 aliphatic carbocycles. The molecule has 0 spiro atoms. The Kier molecular flexibility index (Phi) is 7.08. The molecule has 170 valence electrons. The number of anilines is 1. The zero-order valence-electron chi connectivity index (χ0n) is 16.7. The van der Waals surface area contributed by atoms with Crippen LogP contribution in [0, 0.1) is 0 Å². The van der Waals surface area contributed by atoms with E-state index < -0.39 is 28.5 Å². The highest BCUT2D eigenvalue weighted by Gasteiger charge is 2.22. The molecule has 3 N–H and O–H groups in total. The molecule has 0 radical (unpaired) electrons. The lowest BCUT2D eigenvalue weighted by Gasteiger charge is -2.18. The number of carbonyl (C=O) groups excluding carboxylic acids is 1. The molecular weight excluding hydrogens is 446 g/mol. The number of sulfonamides is 1. The van der Waals surface area contributed by atoms with Gasteiger partial charge in [0.15, 0.2) is 0 Å². The van der Waals surface area contributed by atoms with Crippen LogP contribution in [0.2, 0.25) is 0 Å². The Morgan fingerprint density at radius 2 is 1.81 bits per heavy atom. The lowest BCUT2D eigenvalue weighted by molar-refractivity contribution is -0.136. The third kappa shape index (κ3) is 6.03. The predicted molar refractivity (Wildman–Crippen MR) is 113 cm³/mol. The zero-order valence-corrected chi connectivity index (χ0v) is 17.5. The number of benzene rings is 2. The first-order valence-electron chi connectivity index (χ1n) is 9.55. The van der Waals surface area contributed by atoms with Crippen molar-refractivity contribution < 1.29 is 36.6 Å². The summed E-state index contributed by atoms with van der Waals surface area (Å²) in [6.45, 7) is -2.96. The maximum Gasteiger partial charge on any atom is 0.387 e. The van der Waals surface area contributed by atoms with Crippen LogP contribution < -0.4 is 14.8 Å². The van der Waals surface area contributed by atoms with E-state index in [0.29, 0.717) is 17.5 Å². The number of aliphatic carboxylic acids is 1. The van der Waals surface area contributed by atoms with Crippen LogP contribution in [0.3, 0.4) is 0 Å². The van der Waals surface area contributed by atoms with Gasteiger partial charge in [0, 0.05) is 17.8 Å². The summed E-state index contributed by atoms with van der Waals surface area (Å²) in [5, 5.41) is 11.0. The number of aryl methyl sites for hydroxylation is 1. The Morgan fingerprint density at radius 3 is 2.47 bits per heavy atom. The lowest BCUT2D eigenvalue weighted by atomic mass is 9.97. The van der Waals surface area contributed by atoms with E-state index in [0.717, 1.165) is 0 Å². The molecule has 2 aromatic carbocycles. The molecular formula is C21H20F2N2O6S. The molecule has 0 aliphatic heterocycles. The maximum atomic E-state index is 12.8. The fourth-order valence-corrected chi connectivity index (χ4v) is 4.36. The Bertz CT molecular complexity index is 1150. The first kappa shape index (κ1) is 23.2. The number of carboxylic acid groups (broad SMARTS) is 1. The molecule has 0 fully saturated rings. The number of amides is 1. The Balaban J connectivity index is 1.68. The van der Waals surface area contributed by atoms with E-state index in [2.05, 4.69) is 14.8 Å². The topological polar surface area (TPSA) is 122 Å². The maximum absolute atomic E-state index is 12.8. The van der Waals surface area contributed by atoms with Crippen LogP contribution in [0.4, 0.5) is 14.5 Å². The van der Waals surface area contributed by atoms with Crippen molar-refractivity contribution in [1.82, 2.24) is 5.32 Å². The second kappa shape index (κ2) is 9.77. The fourth-order valence-electron chi connectivity index (χ4n) is 3.13. The van der Waals surface area contributed by atoms with Gasteiger partial charge < -0.3 is 15.2 Å². The number of nitrogens with one attached hydrogen (secondary N) is 2. The van der Waals surface area contributed by atoms with Gasteiger partial charge in [0.05, 0.1) is 11.3 Å². The van der Waals surface area contributed by atoms with Crippen LogP contribution in [0.5, 0.6) is 5.75 Å². The molecule has 0 atom stereocenters. The molecule has 0 saturated carbocycles. The van der Waals surface area contributed by atoms with Gasteiger partial charge in [0.1, 0.15) is 5.75 Å². The summed E-state index contributed by atoms with van der Waals surface area (Å²) in [5.74, 6) is -1.48. The standard InChI is InChI=1S/C21H20F2N2O6S/c22-21(23)31-17-7-3-15-12-18(8-4-14(15)11-17)32(29,30)25-16-5-1-13(2-6-16)20(28)24-10-9-19(26)27/h1-3,5-7,11-12,21,25H,4,8-10H2,(H,24,28)(H,26,27). The normalized spacial score (nSPS) is 13.2. The number of carboxylic acids is 1. The minimum atomic E-state index is -3.87. The second-order valence-electron chi connectivity index (χ2n) is 6.93. The van der Waals surface area contributed by atoms with Crippen molar-refractivity contribution in [3.05, 3.63) is 64.1 Å². The highest BCUT2D eigenvalue weighted by Crippen LogP contribution is 2.31. The largest absolute Gasteiger partial charge is 0.481 e. The van der Waals surface area contributed by atoms with E-state index in [-0.39, 0.29) is 41.3 Å². The number of alkyl halides is 2. The van der Waals surface area contributed by atoms with Crippen molar-refractivity contribution in [3.8, 4) is 5.75 Å². The molecule has 0 heterocycles.